The van der Waals surface area contributed by atoms with Crippen molar-refractivity contribution < 1.29 is 19.4 Å². The Morgan fingerprint density at radius 1 is 1.05 bits per heavy atom. The molecule has 1 heterocycles. The van der Waals surface area contributed by atoms with Gasteiger partial charge in [-0.3, -0.25) is 9.59 Å². The van der Waals surface area contributed by atoms with Gasteiger partial charge in [0.1, 0.15) is 5.75 Å². The Morgan fingerprint density at radius 3 is 2.62 bits per heavy atom. The van der Waals surface area contributed by atoms with Crippen molar-refractivity contribution in [3.8, 4) is 5.75 Å². The molecule has 6 heteroatoms. The van der Waals surface area contributed by atoms with Crippen LogP contribution in [-0.4, -0.2) is 65.6 Å². The molecule has 0 bridgehead atoms. The highest BCUT2D eigenvalue weighted by Crippen LogP contribution is 2.51. The zero-order chi connectivity index (χ0) is 27.1. The number of aliphatic hydroxyl groups excluding tert-OH is 1. The molecule has 0 spiro atoms. The van der Waals surface area contributed by atoms with E-state index in [4.69, 9.17) is 4.74 Å². The van der Waals surface area contributed by atoms with E-state index in [1.165, 1.54) is 19.8 Å². The molecule has 1 saturated heterocycles. The number of ether oxygens (including phenoxy) is 1. The highest BCUT2D eigenvalue weighted by Gasteiger charge is 2.53. The van der Waals surface area contributed by atoms with Gasteiger partial charge in [0.15, 0.2) is 0 Å². The fourth-order valence-electron chi connectivity index (χ4n) is 7.11. The van der Waals surface area contributed by atoms with E-state index in [9.17, 15) is 14.7 Å². The van der Waals surface area contributed by atoms with Gasteiger partial charge in [0.2, 0.25) is 0 Å². The van der Waals surface area contributed by atoms with Crippen molar-refractivity contribution in [1.29, 1.82) is 0 Å². The second-order valence-corrected chi connectivity index (χ2v) is 12.0. The largest absolute Gasteiger partial charge is 0.427 e. The van der Waals surface area contributed by atoms with Crippen LogP contribution in [0.5, 0.6) is 5.75 Å². The number of benzene rings is 3. The summed E-state index contributed by atoms with van der Waals surface area (Å²) in [5.74, 6) is 1.02. The molecule has 0 aromatic heterocycles. The lowest BCUT2D eigenvalue weighted by molar-refractivity contribution is -0.131. The summed E-state index contributed by atoms with van der Waals surface area (Å²) in [4.78, 5) is 29.8. The molecule has 3 aromatic rings. The van der Waals surface area contributed by atoms with E-state index in [0.29, 0.717) is 17.7 Å². The average molecular weight is 527 g/mol. The van der Waals surface area contributed by atoms with Crippen molar-refractivity contribution in [2.24, 2.45) is 11.8 Å². The Morgan fingerprint density at radius 2 is 1.85 bits per heavy atom. The zero-order valence-corrected chi connectivity index (χ0v) is 22.9. The van der Waals surface area contributed by atoms with Crippen LogP contribution in [0, 0.1) is 11.8 Å². The summed E-state index contributed by atoms with van der Waals surface area (Å²) < 4.78 is 5.46. The quantitative estimate of drug-likeness (QED) is 0.360. The summed E-state index contributed by atoms with van der Waals surface area (Å²) in [7, 11) is 1.88. The number of aliphatic hydroxyl groups is 1. The molecule has 1 N–H and O–H groups in total. The lowest BCUT2D eigenvalue weighted by atomic mass is 9.56. The van der Waals surface area contributed by atoms with E-state index in [1.807, 2.05) is 72.6 Å². The first-order valence-corrected chi connectivity index (χ1v) is 14.3. The molecule has 6 rings (SSSR count). The molecular formula is C33H38N2O4. The van der Waals surface area contributed by atoms with Gasteiger partial charge in [0, 0.05) is 50.0 Å². The van der Waals surface area contributed by atoms with Crippen molar-refractivity contribution in [3.05, 3.63) is 77.9 Å². The average Bonchev–Trinajstić information content (AvgIpc) is 3.76. The summed E-state index contributed by atoms with van der Waals surface area (Å²) in [5, 5.41) is 13.8. The fourth-order valence-corrected chi connectivity index (χ4v) is 7.11. The third-order valence-corrected chi connectivity index (χ3v) is 9.37. The molecular weight excluding hydrogens is 488 g/mol. The molecule has 1 unspecified atom stereocenters. The molecule has 3 aromatic carbocycles. The number of rotatable bonds is 6. The molecule has 3 aliphatic rings. The number of esters is 1. The highest BCUT2D eigenvalue weighted by molar-refractivity contribution is 5.98. The number of nitrogens with zero attached hydrogens (tertiary/aromatic N) is 2. The first-order chi connectivity index (χ1) is 18.8. The van der Waals surface area contributed by atoms with Gasteiger partial charge in [0.25, 0.3) is 5.91 Å². The second-order valence-electron chi connectivity index (χ2n) is 12.0. The zero-order valence-electron chi connectivity index (χ0n) is 22.9. The minimum Gasteiger partial charge on any atom is -0.427 e. The molecule has 3 fully saturated rings. The van der Waals surface area contributed by atoms with E-state index in [2.05, 4.69) is 11.0 Å². The van der Waals surface area contributed by atoms with Gasteiger partial charge in [-0.1, -0.05) is 42.5 Å². The summed E-state index contributed by atoms with van der Waals surface area (Å²) >= 11 is 0. The maximum absolute atomic E-state index is 13.7. The topological polar surface area (TPSA) is 70.1 Å². The number of carbonyl (C=O) groups is 2. The smallest absolute Gasteiger partial charge is 0.308 e. The van der Waals surface area contributed by atoms with Gasteiger partial charge in [-0.25, -0.2) is 0 Å². The minimum atomic E-state index is -0.532. The minimum absolute atomic E-state index is 0.0219. The van der Waals surface area contributed by atoms with Crippen molar-refractivity contribution in [3.63, 3.8) is 0 Å². The Balaban J connectivity index is 1.31. The summed E-state index contributed by atoms with van der Waals surface area (Å²) in [6.45, 7) is 4.34. The van der Waals surface area contributed by atoms with Crippen molar-refractivity contribution in [2.45, 2.75) is 56.6 Å². The normalized spacial score (nSPS) is 27.1. The first-order valence-electron chi connectivity index (χ1n) is 14.3. The van der Waals surface area contributed by atoms with Crippen molar-refractivity contribution >= 4 is 22.6 Å². The van der Waals surface area contributed by atoms with Crippen LogP contribution in [0.25, 0.3) is 10.8 Å². The van der Waals surface area contributed by atoms with Crippen LogP contribution >= 0.6 is 0 Å². The van der Waals surface area contributed by atoms with E-state index in [0.717, 1.165) is 54.7 Å². The van der Waals surface area contributed by atoms with Crippen LogP contribution in [0.1, 0.15) is 54.9 Å². The molecule has 204 valence electrons. The number of amides is 1. The third kappa shape index (κ3) is 5.20. The Labute approximate surface area is 230 Å². The van der Waals surface area contributed by atoms with Gasteiger partial charge in [-0.05, 0) is 85.2 Å². The van der Waals surface area contributed by atoms with Crippen molar-refractivity contribution in [1.82, 2.24) is 9.80 Å². The lowest BCUT2D eigenvalue weighted by Crippen LogP contribution is -2.61. The monoisotopic (exact) mass is 526 g/mol. The number of fused-ring (bicyclic) bond motifs is 2. The number of hydrogen-bond donors (Lipinski definition) is 1. The maximum atomic E-state index is 13.7. The van der Waals surface area contributed by atoms with E-state index in [1.54, 1.807) is 0 Å². The van der Waals surface area contributed by atoms with Crippen molar-refractivity contribution in [2.75, 3.05) is 26.7 Å². The number of hydrogen-bond acceptors (Lipinski definition) is 5. The molecule has 4 atom stereocenters. The van der Waals surface area contributed by atoms with Gasteiger partial charge in [0.05, 0.1) is 6.10 Å². The van der Waals surface area contributed by atoms with E-state index in [-0.39, 0.29) is 29.3 Å². The van der Waals surface area contributed by atoms with Crippen LogP contribution < -0.4 is 4.74 Å². The predicted molar refractivity (Wildman–Crippen MR) is 152 cm³/mol. The number of likely N-dealkylation sites (tertiary alicyclic amines) is 1. The van der Waals surface area contributed by atoms with Crippen LogP contribution in [0.2, 0.25) is 0 Å². The van der Waals surface area contributed by atoms with Gasteiger partial charge < -0.3 is 19.6 Å². The number of carbonyl (C=O) groups excluding carboxylic acids is 2. The summed E-state index contributed by atoms with van der Waals surface area (Å²) in [6.07, 6.45) is 4.31. The molecule has 2 aliphatic carbocycles. The molecule has 1 aliphatic heterocycles. The van der Waals surface area contributed by atoms with Crippen LogP contribution in [0.3, 0.4) is 0 Å². The van der Waals surface area contributed by atoms with Gasteiger partial charge >= 0.3 is 5.97 Å². The summed E-state index contributed by atoms with van der Waals surface area (Å²) in [6, 6.07) is 21.7. The second kappa shape index (κ2) is 10.4. The SMILES string of the molecule is CC(=O)Oc1cccc([C@@]23CCN(CC4CC4)C[C@H]2C(O)C[C@H](N(C)C(=O)c2ccc4ccccc4c2)C3)c1. The van der Waals surface area contributed by atoms with Crippen LogP contribution in [-0.2, 0) is 10.2 Å². The Bertz CT molecular complexity index is 1380. The molecule has 39 heavy (non-hydrogen) atoms. The summed E-state index contributed by atoms with van der Waals surface area (Å²) in [5.41, 5.74) is 1.45. The molecule has 6 nitrogen and oxygen atoms in total. The van der Waals surface area contributed by atoms with Crippen LogP contribution in [0.4, 0.5) is 0 Å². The van der Waals surface area contributed by atoms with Gasteiger partial charge in [-0.2, -0.15) is 0 Å². The third-order valence-electron chi connectivity index (χ3n) is 9.37. The molecule has 2 saturated carbocycles. The number of piperidine rings is 1. The highest BCUT2D eigenvalue weighted by atomic mass is 16.5. The molecule has 0 radical (unpaired) electrons. The predicted octanol–water partition coefficient (Wildman–Crippen LogP) is 5.03. The Kier molecular flexibility index (Phi) is 6.94. The molecule has 1 amide bonds. The Hall–Kier alpha value is -3.22. The first kappa shape index (κ1) is 26.0. The lowest BCUT2D eigenvalue weighted by Gasteiger charge is -2.56. The maximum Gasteiger partial charge on any atom is 0.308 e. The van der Waals surface area contributed by atoms with Crippen LogP contribution in [0.15, 0.2) is 66.7 Å². The van der Waals surface area contributed by atoms with E-state index < -0.39 is 6.10 Å². The van der Waals surface area contributed by atoms with E-state index >= 15 is 0 Å². The standard InChI is InChI=1S/C33H38N2O4/c1-22(36)39-29-9-5-8-27(17-29)33-14-15-35(20-23-10-11-23)21-30(33)31(37)18-28(19-33)34(2)32(38)26-13-12-24-6-3-4-7-25(24)16-26/h3-9,12-13,16-17,23,28,30-31,37H,10-11,14-15,18-21H2,1-2H3/t28-,30-,31?,33-/m0/s1. The fraction of sp³-hybridized carbons (Fsp3) is 0.455. The van der Waals surface area contributed by atoms with Gasteiger partial charge in [-0.15, -0.1) is 0 Å².